The third kappa shape index (κ3) is 2.53. The monoisotopic (exact) mass is 272 g/mol. The van der Waals surface area contributed by atoms with E-state index in [-0.39, 0.29) is 0 Å². The van der Waals surface area contributed by atoms with Crippen molar-refractivity contribution in [3.63, 3.8) is 0 Å². The van der Waals surface area contributed by atoms with Gasteiger partial charge in [-0.25, -0.2) is 0 Å². The molecule has 1 aromatic carbocycles. The summed E-state index contributed by atoms with van der Waals surface area (Å²) in [5.41, 5.74) is 2.09. The highest BCUT2D eigenvalue weighted by molar-refractivity contribution is 5.34. The largest absolute Gasteiger partial charge is 0.385 e. The number of hydrogen-bond donors (Lipinski definition) is 1. The summed E-state index contributed by atoms with van der Waals surface area (Å²) in [5.74, 6) is 1.38. The van der Waals surface area contributed by atoms with Crippen molar-refractivity contribution in [1.29, 1.82) is 0 Å². The van der Waals surface area contributed by atoms with Gasteiger partial charge in [0.1, 0.15) is 0 Å². The summed E-state index contributed by atoms with van der Waals surface area (Å²) < 4.78 is 0. The standard InChI is InChI=1S/C19H28O/c1-2-15-10-12-17(13-11-15)19(20)14-6-5-8-16-7-3-4-9-18(16)19/h3-4,7,9,15,17,20H,2,5-6,8,10-14H2,1H3. The summed E-state index contributed by atoms with van der Waals surface area (Å²) in [7, 11) is 0. The minimum Gasteiger partial charge on any atom is -0.385 e. The molecule has 3 rings (SSSR count). The lowest BCUT2D eigenvalue weighted by molar-refractivity contribution is -0.0515. The molecule has 0 saturated heterocycles. The molecule has 1 fully saturated rings. The summed E-state index contributed by atoms with van der Waals surface area (Å²) in [5, 5.41) is 11.5. The zero-order chi connectivity index (χ0) is 14.0. The molecule has 1 nitrogen and oxygen atoms in total. The highest BCUT2D eigenvalue weighted by Crippen LogP contribution is 2.46. The quantitative estimate of drug-likeness (QED) is 0.765. The van der Waals surface area contributed by atoms with E-state index < -0.39 is 5.60 Å². The molecule has 1 unspecified atom stereocenters. The molecule has 1 atom stereocenters. The third-order valence-corrected chi connectivity index (χ3v) is 5.84. The SMILES string of the molecule is CCC1CCC(C2(O)CCCCc3ccccc32)CC1. The predicted octanol–water partition coefficient (Wildman–Crippen LogP) is 4.82. The first kappa shape index (κ1) is 14.1. The van der Waals surface area contributed by atoms with Crippen molar-refractivity contribution < 1.29 is 5.11 Å². The van der Waals surface area contributed by atoms with E-state index in [1.165, 1.54) is 56.1 Å². The maximum Gasteiger partial charge on any atom is 0.0927 e. The molecule has 2 aliphatic rings. The van der Waals surface area contributed by atoms with Crippen molar-refractivity contribution in [2.75, 3.05) is 0 Å². The Kier molecular flexibility index (Phi) is 4.16. The van der Waals surface area contributed by atoms with Crippen LogP contribution in [0.5, 0.6) is 0 Å². The highest BCUT2D eigenvalue weighted by atomic mass is 16.3. The Hall–Kier alpha value is -0.820. The lowest BCUT2D eigenvalue weighted by Crippen LogP contribution is -2.37. The second-order valence-corrected chi connectivity index (χ2v) is 6.91. The predicted molar refractivity (Wildman–Crippen MR) is 83.6 cm³/mol. The molecular formula is C19H28O. The van der Waals surface area contributed by atoms with Gasteiger partial charge in [0, 0.05) is 0 Å². The van der Waals surface area contributed by atoms with E-state index in [4.69, 9.17) is 0 Å². The molecule has 1 saturated carbocycles. The average molecular weight is 272 g/mol. The summed E-state index contributed by atoms with van der Waals surface area (Å²) in [6, 6.07) is 8.64. The second-order valence-electron chi connectivity index (χ2n) is 6.91. The van der Waals surface area contributed by atoms with Gasteiger partial charge in [0.05, 0.1) is 5.60 Å². The molecule has 1 aromatic rings. The Bertz CT molecular complexity index is 445. The van der Waals surface area contributed by atoms with Gasteiger partial charge in [-0.1, -0.05) is 50.5 Å². The first-order valence-electron chi connectivity index (χ1n) is 8.55. The van der Waals surface area contributed by atoms with Crippen LogP contribution in [-0.2, 0) is 12.0 Å². The molecule has 20 heavy (non-hydrogen) atoms. The molecular weight excluding hydrogens is 244 g/mol. The molecule has 1 N–H and O–H groups in total. The highest BCUT2D eigenvalue weighted by Gasteiger charge is 2.41. The van der Waals surface area contributed by atoms with Gasteiger partial charge in [0.2, 0.25) is 0 Å². The Morgan fingerprint density at radius 3 is 2.60 bits per heavy atom. The number of rotatable bonds is 2. The van der Waals surface area contributed by atoms with Crippen molar-refractivity contribution in [3.05, 3.63) is 35.4 Å². The molecule has 2 aliphatic carbocycles. The Morgan fingerprint density at radius 1 is 1.10 bits per heavy atom. The van der Waals surface area contributed by atoms with Crippen LogP contribution in [0.25, 0.3) is 0 Å². The van der Waals surface area contributed by atoms with Crippen LogP contribution < -0.4 is 0 Å². The van der Waals surface area contributed by atoms with E-state index in [9.17, 15) is 5.11 Å². The van der Waals surface area contributed by atoms with Crippen LogP contribution in [0.3, 0.4) is 0 Å². The third-order valence-electron chi connectivity index (χ3n) is 5.84. The van der Waals surface area contributed by atoms with Gasteiger partial charge in [0.15, 0.2) is 0 Å². The van der Waals surface area contributed by atoms with Gasteiger partial charge >= 0.3 is 0 Å². The van der Waals surface area contributed by atoms with Crippen LogP contribution in [0.2, 0.25) is 0 Å². The van der Waals surface area contributed by atoms with Gasteiger partial charge in [0.25, 0.3) is 0 Å². The summed E-state index contributed by atoms with van der Waals surface area (Å²) >= 11 is 0. The molecule has 0 radical (unpaired) electrons. The van der Waals surface area contributed by atoms with Gasteiger partial charge in [-0.3, -0.25) is 0 Å². The van der Waals surface area contributed by atoms with Gasteiger partial charge in [-0.2, -0.15) is 0 Å². The fraction of sp³-hybridized carbons (Fsp3) is 0.684. The lowest BCUT2D eigenvalue weighted by atomic mass is 9.68. The molecule has 0 heterocycles. The topological polar surface area (TPSA) is 20.2 Å². The van der Waals surface area contributed by atoms with E-state index in [2.05, 4.69) is 31.2 Å². The van der Waals surface area contributed by atoms with E-state index in [0.717, 1.165) is 18.8 Å². The fourth-order valence-corrected chi connectivity index (χ4v) is 4.48. The van der Waals surface area contributed by atoms with Crippen molar-refractivity contribution in [3.8, 4) is 0 Å². The summed E-state index contributed by atoms with van der Waals surface area (Å²) in [4.78, 5) is 0. The number of benzene rings is 1. The van der Waals surface area contributed by atoms with Crippen LogP contribution in [0.4, 0.5) is 0 Å². The minimum atomic E-state index is -0.550. The van der Waals surface area contributed by atoms with Gasteiger partial charge < -0.3 is 5.11 Å². The maximum absolute atomic E-state index is 11.5. The van der Waals surface area contributed by atoms with Crippen LogP contribution in [0.15, 0.2) is 24.3 Å². The summed E-state index contributed by atoms with van der Waals surface area (Å²) in [6.07, 6.45) is 10.8. The van der Waals surface area contributed by atoms with Gasteiger partial charge in [-0.05, 0) is 61.5 Å². The molecule has 0 aliphatic heterocycles. The van der Waals surface area contributed by atoms with Crippen molar-refractivity contribution in [1.82, 2.24) is 0 Å². The summed E-state index contributed by atoms with van der Waals surface area (Å²) in [6.45, 7) is 2.31. The fourth-order valence-electron chi connectivity index (χ4n) is 4.48. The molecule has 110 valence electrons. The molecule has 1 heteroatoms. The molecule has 0 amide bonds. The number of aryl methyl sites for hydroxylation is 1. The number of fused-ring (bicyclic) bond motifs is 1. The minimum absolute atomic E-state index is 0.476. The Balaban J connectivity index is 1.87. The zero-order valence-electron chi connectivity index (χ0n) is 12.8. The van der Waals surface area contributed by atoms with Crippen LogP contribution in [0.1, 0.15) is 69.4 Å². The second kappa shape index (κ2) is 5.89. The Labute approximate surface area is 123 Å². The van der Waals surface area contributed by atoms with E-state index in [1.54, 1.807) is 0 Å². The van der Waals surface area contributed by atoms with Crippen molar-refractivity contribution >= 4 is 0 Å². The average Bonchev–Trinajstić information content (AvgIpc) is 2.68. The number of hydrogen-bond acceptors (Lipinski definition) is 1. The van der Waals surface area contributed by atoms with Gasteiger partial charge in [-0.15, -0.1) is 0 Å². The number of aliphatic hydroxyl groups is 1. The molecule has 0 bridgehead atoms. The first-order chi connectivity index (χ1) is 9.74. The Morgan fingerprint density at radius 2 is 1.85 bits per heavy atom. The molecule has 0 spiro atoms. The normalized spacial score (nSPS) is 34.3. The van der Waals surface area contributed by atoms with E-state index in [0.29, 0.717) is 5.92 Å². The van der Waals surface area contributed by atoms with Crippen molar-refractivity contribution in [2.24, 2.45) is 11.8 Å². The first-order valence-corrected chi connectivity index (χ1v) is 8.55. The van der Waals surface area contributed by atoms with Crippen LogP contribution in [-0.4, -0.2) is 5.11 Å². The van der Waals surface area contributed by atoms with E-state index in [1.807, 2.05) is 0 Å². The zero-order valence-corrected chi connectivity index (χ0v) is 12.8. The lowest BCUT2D eigenvalue weighted by Gasteiger charge is -2.41. The smallest absolute Gasteiger partial charge is 0.0927 e. The maximum atomic E-state index is 11.5. The van der Waals surface area contributed by atoms with E-state index >= 15 is 0 Å². The van der Waals surface area contributed by atoms with Crippen molar-refractivity contribution in [2.45, 2.75) is 70.3 Å². The van der Waals surface area contributed by atoms with Crippen LogP contribution in [0, 0.1) is 11.8 Å². The molecule has 0 aromatic heterocycles. The van der Waals surface area contributed by atoms with Crippen LogP contribution >= 0.6 is 0 Å².